The summed E-state index contributed by atoms with van der Waals surface area (Å²) in [6.07, 6.45) is 0. The second-order valence-corrected chi connectivity index (χ2v) is 7.04. The van der Waals surface area contributed by atoms with Crippen LogP contribution in [-0.4, -0.2) is 45.5 Å². The van der Waals surface area contributed by atoms with Crippen molar-refractivity contribution in [2.75, 3.05) is 14.2 Å². The molecule has 2 rings (SSSR count). The Hall–Kier alpha value is -2.09. The highest BCUT2D eigenvalue weighted by atomic mass is 32.2. The van der Waals surface area contributed by atoms with E-state index in [1.807, 2.05) is 6.92 Å². The molecule has 24 heavy (non-hydrogen) atoms. The lowest BCUT2D eigenvalue weighted by Crippen LogP contribution is -2.16. The van der Waals surface area contributed by atoms with Gasteiger partial charge in [0, 0.05) is 12.1 Å². The molecule has 0 saturated heterocycles. The third-order valence-corrected chi connectivity index (χ3v) is 4.43. The summed E-state index contributed by atoms with van der Waals surface area (Å²) in [4.78, 5) is 12.7. The molecule has 0 fully saturated rings. The van der Waals surface area contributed by atoms with Crippen molar-refractivity contribution in [2.24, 2.45) is 5.92 Å². The van der Waals surface area contributed by atoms with E-state index in [0.717, 1.165) is 0 Å². The van der Waals surface area contributed by atoms with Crippen LogP contribution in [0.3, 0.4) is 0 Å². The number of nitrogens with zero attached hydrogens (tertiary/aromatic N) is 4. The van der Waals surface area contributed by atoms with Gasteiger partial charge in [0.1, 0.15) is 0 Å². The minimum atomic E-state index is -0.319. The normalized spacial score (nSPS) is 12.2. The van der Waals surface area contributed by atoms with E-state index in [-0.39, 0.29) is 11.0 Å². The summed E-state index contributed by atoms with van der Waals surface area (Å²) in [5.41, 5.74) is 0.565. The van der Waals surface area contributed by atoms with Gasteiger partial charge in [-0.2, -0.15) is 0 Å². The Morgan fingerprint density at radius 1 is 1.21 bits per heavy atom. The van der Waals surface area contributed by atoms with Gasteiger partial charge in [0.15, 0.2) is 17.3 Å². The molecule has 0 radical (unpaired) electrons. The summed E-state index contributed by atoms with van der Waals surface area (Å²) < 4.78 is 12.2. The molecule has 0 aliphatic carbocycles. The molecule has 0 bridgehead atoms. The van der Waals surface area contributed by atoms with E-state index in [0.29, 0.717) is 34.7 Å². The zero-order valence-corrected chi connectivity index (χ0v) is 15.3. The molecule has 0 saturated carbocycles. The highest BCUT2D eigenvalue weighted by Gasteiger charge is 2.21. The van der Waals surface area contributed by atoms with E-state index < -0.39 is 0 Å². The number of rotatable bonds is 8. The largest absolute Gasteiger partial charge is 0.493 e. The maximum atomic E-state index is 12.7. The van der Waals surface area contributed by atoms with Gasteiger partial charge in [-0.3, -0.25) is 4.79 Å². The number of hydrogen-bond donors (Lipinski definition) is 0. The van der Waals surface area contributed by atoms with E-state index in [9.17, 15) is 4.79 Å². The molecule has 130 valence electrons. The molecule has 7 nitrogen and oxygen atoms in total. The van der Waals surface area contributed by atoms with Crippen LogP contribution < -0.4 is 9.47 Å². The Bertz CT molecular complexity index is 702. The van der Waals surface area contributed by atoms with E-state index in [1.165, 1.54) is 11.8 Å². The molecule has 0 aliphatic heterocycles. The fourth-order valence-corrected chi connectivity index (χ4v) is 3.05. The van der Waals surface area contributed by atoms with Crippen molar-refractivity contribution in [3.8, 4) is 11.5 Å². The fraction of sp³-hybridized carbons (Fsp3) is 0.500. The molecule has 0 N–H and O–H groups in total. The van der Waals surface area contributed by atoms with Crippen molar-refractivity contribution in [1.82, 2.24) is 20.2 Å². The molecule has 8 heteroatoms. The van der Waals surface area contributed by atoms with E-state index in [4.69, 9.17) is 9.47 Å². The summed E-state index contributed by atoms with van der Waals surface area (Å²) in [7, 11) is 3.11. The first-order chi connectivity index (χ1) is 11.5. The average molecular weight is 350 g/mol. The molecular weight excluding hydrogens is 328 g/mol. The zero-order chi connectivity index (χ0) is 17.7. The van der Waals surface area contributed by atoms with Gasteiger partial charge in [0.05, 0.1) is 19.5 Å². The Morgan fingerprint density at radius 3 is 2.54 bits per heavy atom. The molecule has 0 spiro atoms. The second kappa shape index (κ2) is 8.14. The van der Waals surface area contributed by atoms with Gasteiger partial charge < -0.3 is 9.47 Å². The Kier molecular flexibility index (Phi) is 6.19. The Morgan fingerprint density at radius 2 is 1.92 bits per heavy atom. The predicted molar refractivity (Wildman–Crippen MR) is 91.9 cm³/mol. The van der Waals surface area contributed by atoms with Gasteiger partial charge in [-0.25, -0.2) is 4.68 Å². The first-order valence-electron chi connectivity index (χ1n) is 7.65. The summed E-state index contributed by atoms with van der Waals surface area (Å²) in [6.45, 7) is 6.74. The third-order valence-electron chi connectivity index (χ3n) is 3.36. The number of carbonyl (C=O) groups excluding carboxylic acids is 1. The quantitative estimate of drug-likeness (QED) is 0.535. The maximum absolute atomic E-state index is 12.7. The highest BCUT2D eigenvalue weighted by Crippen LogP contribution is 2.30. The minimum absolute atomic E-state index is 0.0138. The van der Waals surface area contributed by atoms with E-state index in [1.54, 1.807) is 37.1 Å². The van der Waals surface area contributed by atoms with Gasteiger partial charge in [0.2, 0.25) is 5.16 Å². The number of ketones is 1. The number of carbonyl (C=O) groups is 1. The van der Waals surface area contributed by atoms with Crippen LogP contribution in [0, 0.1) is 5.92 Å². The number of thioether (sulfide) groups is 1. The molecule has 0 amide bonds. The van der Waals surface area contributed by atoms with Gasteiger partial charge >= 0.3 is 0 Å². The SMILES string of the molecule is COc1ccc(C(=O)C(C)Sc2nnnn2CC(C)C)cc1OC. The standard InChI is InChI=1S/C16H22N4O3S/c1-10(2)9-20-16(17-18-19-20)24-11(3)15(21)12-6-7-13(22-4)14(8-12)23-5/h6-8,10-11H,9H2,1-5H3. The van der Waals surface area contributed by atoms with Gasteiger partial charge in [-0.1, -0.05) is 25.6 Å². The molecular formula is C16H22N4O3S. The van der Waals surface area contributed by atoms with Crippen molar-refractivity contribution < 1.29 is 14.3 Å². The average Bonchev–Trinajstić information content (AvgIpc) is 2.99. The number of aromatic nitrogens is 4. The number of tetrazole rings is 1. The molecule has 1 aromatic heterocycles. The van der Waals surface area contributed by atoms with Gasteiger partial charge in [-0.05, 0) is 41.5 Å². The monoisotopic (exact) mass is 350 g/mol. The fourth-order valence-electron chi connectivity index (χ4n) is 2.18. The van der Waals surface area contributed by atoms with Crippen molar-refractivity contribution in [1.29, 1.82) is 0 Å². The van der Waals surface area contributed by atoms with E-state index in [2.05, 4.69) is 29.4 Å². The van der Waals surface area contributed by atoms with Crippen molar-refractivity contribution in [2.45, 2.75) is 37.7 Å². The Balaban J connectivity index is 2.14. The summed E-state index contributed by atoms with van der Waals surface area (Å²) in [5, 5.41) is 12.0. The molecule has 2 aromatic rings. The van der Waals surface area contributed by atoms with Gasteiger partial charge in [-0.15, -0.1) is 5.10 Å². The van der Waals surface area contributed by atoms with Crippen LogP contribution in [0.2, 0.25) is 0 Å². The number of ether oxygens (including phenoxy) is 2. The lowest BCUT2D eigenvalue weighted by atomic mass is 10.1. The van der Waals surface area contributed by atoms with Crippen LogP contribution in [0.1, 0.15) is 31.1 Å². The molecule has 1 aromatic carbocycles. The topological polar surface area (TPSA) is 79.1 Å². The summed E-state index contributed by atoms with van der Waals surface area (Å²) in [5.74, 6) is 1.53. The molecule has 0 aliphatic rings. The number of methoxy groups -OCH3 is 2. The molecule has 1 heterocycles. The molecule has 1 unspecified atom stereocenters. The lowest BCUT2D eigenvalue weighted by Gasteiger charge is -2.13. The van der Waals surface area contributed by atoms with Crippen LogP contribution in [-0.2, 0) is 6.54 Å². The third kappa shape index (κ3) is 4.25. The van der Waals surface area contributed by atoms with Gasteiger partial charge in [0.25, 0.3) is 0 Å². The van der Waals surface area contributed by atoms with Crippen LogP contribution in [0.15, 0.2) is 23.4 Å². The number of hydrogen-bond acceptors (Lipinski definition) is 7. The maximum Gasteiger partial charge on any atom is 0.210 e. The smallest absolute Gasteiger partial charge is 0.210 e. The summed E-state index contributed by atoms with van der Waals surface area (Å²) >= 11 is 1.35. The Labute approximate surface area is 145 Å². The predicted octanol–water partition coefficient (Wildman–Crippen LogP) is 2.71. The molecule has 1 atom stereocenters. The second-order valence-electron chi connectivity index (χ2n) is 5.73. The number of benzene rings is 1. The lowest BCUT2D eigenvalue weighted by molar-refractivity contribution is 0.0993. The number of Topliss-reactive ketones (excluding diaryl/α,β-unsaturated/α-hetero) is 1. The van der Waals surface area contributed by atoms with Crippen LogP contribution >= 0.6 is 11.8 Å². The van der Waals surface area contributed by atoms with Crippen molar-refractivity contribution >= 4 is 17.5 Å². The minimum Gasteiger partial charge on any atom is -0.493 e. The van der Waals surface area contributed by atoms with E-state index >= 15 is 0 Å². The van der Waals surface area contributed by atoms with Crippen LogP contribution in [0.5, 0.6) is 11.5 Å². The first-order valence-corrected chi connectivity index (χ1v) is 8.53. The van der Waals surface area contributed by atoms with Crippen molar-refractivity contribution in [3.63, 3.8) is 0 Å². The highest BCUT2D eigenvalue weighted by molar-refractivity contribution is 8.00. The first kappa shape index (κ1) is 18.3. The van der Waals surface area contributed by atoms with Crippen LogP contribution in [0.4, 0.5) is 0 Å². The zero-order valence-electron chi connectivity index (χ0n) is 14.5. The van der Waals surface area contributed by atoms with Crippen LogP contribution in [0.25, 0.3) is 0 Å². The summed E-state index contributed by atoms with van der Waals surface area (Å²) in [6, 6.07) is 5.15. The van der Waals surface area contributed by atoms with Crippen molar-refractivity contribution in [3.05, 3.63) is 23.8 Å².